The second kappa shape index (κ2) is 9.54. The molecule has 0 aromatic heterocycles. The van der Waals surface area contributed by atoms with E-state index in [0.29, 0.717) is 17.3 Å². The number of nitrogens with one attached hydrogen (secondary N) is 1. The molecule has 0 spiro atoms. The molecule has 7 heteroatoms. The van der Waals surface area contributed by atoms with Crippen molar-refractivity contribution in [3.8, 4) is 17.6 Å². The molecule has 2 aromatic carbocycles. The molecular formula is C24H29N4O3+. The van der Waals surface area contributed by atoms with Crippen LogP contribution in [0.5, 0.6) is 11.5 Å². The molecule has 0 amide bonds. The van der Waals surface area contributed by atoms with Gasteiger partial charge in [-0.25, -0.2) is 0 Å². The molecule has 1 unspecified atom stereocenters. The van der Waals surface area contributed by atoms with Gasteiger partial charge in [0.15, 0.2) is 11.5 Å². The number of anilines is 2. The number of rotatable bonds is 8. The first-order chi connectivity index (χ1) is 14.9. The number of nitriles is 1. The molecule has 1 N–H and O–H groups in total. The number of fused-ring (bicyclic) bond motifs is 1. The molecular weight excluding hydrogens is 392 g/mol. The first-order valence-corrected chi connectivity index (χ1v) is 10.2. The first kappa shape index (κ1) is 22.2. The molecule has 1 heterocycles. The number of hydrogen-bond donors (Lipinski definition) is 1. The number of quaternary nitrogens is 1. The van der Waals surface area contributed by atoms with Crippen LogP contribution < -0.4 is 24.2 Å². The van der Waals surface area contributed by atoms with Gasteiger partial charge in [-0.05, 0) is 29.8 Å². The van der Waals surface area contributed by atoms with E-state index in [1.807, 2.05) is 73.4 Å². The van der Waals surface area contributed by atoms with Gasteiger partial charge in [0.25, 0.3) is 0 Å². The van der Waals surface area contributed by atoms with Crippen molar-refractivity contribution >= 4 is 17.2 Å². The molecule has 31 heavy (non-hydrogen) atoms. The summed E-state index contributed by atoms with van der Waals surface area (Å²) in [5.41, 5.74) is 3.25. The number of benzene rings is 2. The summed E-state index contributed by atoms with van der Waals surface area (Å²) >= 11 is 0. The van der Waals surface area contributed by atoms with Crippen LogP contribution in [0.2, 0.25) is 0 Å². The zero-order valence-corrected chi connectivity index (χ0v) is 18.7. The lowest BCUT2D eigenvalue weighted by molar-refractivity contribution is -0.870. The predicted octanol–water partition coefficient (Wildman–Crippen LogP) is 1.65. The van der Waals surface area contributed by atoms with Crippen molar-refractivity contribution in [2.24, 2.45) is 0 Å². The van der Waals surface area contributed by atoms with Crippen LogP contribution in [0.25, 0.3) is 0 Å². The highest BCUT2D eigenvalue weighted by Gasteiger charge is 2.32. The van der Waals surface area contributed by atoms with E-state index in [-0.39, 0.29) is 17.9 Å². The van der Waals surface area contributed by atoms with Crippen molar-refractivity contribution in [3.05, 3.63) is 59.4 Å². The number of ether oxygens (including phenoxy) is 2. The molecule has 1 aliphatic heterocycles. The number of methoxy groups -OCH3 is 2. The van der Waals surface area contributed by atoms with Gasteiger partial charge in [0, 0.05) is 20.5 Å². The normalized spacial score (nSPS) is 13.5. The second-order valence-corrected chi connectivity index (χ2v) is 7.66. The Morgan fingerprint density at radius 2 is 1.65 bits per heavy atom. The fourth-order valence-electron chi connectivity index (χ4n) is 3.90. The van der Waals surface area contributed by atoms with Crippen LogP contribution in [0.3, 0.4) is 0 Å². The quantitative estimate of drug-likeness (QED) is 0.516. The Balaban J connectivity index is 1.69. The molecule has 0 radical (unpaired) electrons. The molecule has 7 nitrogen and oxygen atoms in total. The Morgan fingerprint density at radius 3 is 2.19 bits per heavy atom. The maximum absolute atomic E-state index is 13.0. The number of likely N-dealkylation sites (N-methyl/N-ethyl adjacent to an activating group) is 1. The van der Waals surface area contributed by atoms with Crippen molar-refractivity contribution in [3.63, 3.8) is 0 Å². The third-order valence-electron chi connectivity index (χ3n) is 5.60. The van der Waals surface area contributed by atoms with Crippen molar-refractivity contribution in [1.82, 2.24) is 0 Å². The zero-order valence-electron chi connectivity index (χ0n) is 18.7. The molecule has 162 valence electrons. The van der Waals surface area contributed by atoms with Crippen LogP contribution in [-0.2, 0) is 11.2 Å². The van der Waals surface area contributed by atoms with E-state index in [2.05, 4.69) is 6.07 Å². The number of ketones is 1. The van der Waals surface area contributed by atoms with Gasteiger partial charge in [0.05, 0.1) is 39.2 Å². The van der Waals surface area contributed by atoms with E-state index in [0.717, 1.165) is 34.8 Å². The van der Waals surface area contributed by atoms with E-state index >= 15 is 0 Å². The SMILES string of the molecule is COc1ccc(CC[NH+](C)CC(=O)C(C#N)=C2N(C)c3ccccc3N2C)cc1OC. The summed E-state index contributed by atoms with van der Waals surface area (Å²) in [7, 11) is 8.96. The Hall–Kier alpha value is -3.50. The smallest absolute Gasteiger partial charge is 0.231 e. The van der Waals surface area contributed by atoms with Gasteiger partial charge in [0.1, 0.15) is 24.0 Å². The van der Waals surface area contributed by atoms with Crippen molar-refractivity contribution in [2.45, 2.75) is 6.42 Å². The Morgan fingerprint density at radius 1 is 1.03 bits per heavy atom. The van der Waals surface area contributed by atoms with Gasteiger partial charge < -0.3 is 24.2 Å². The number of hydrogen-bond acceptors (Lipinski definition) is 6. The Labute approximate surface area is 183 Å². The Bertz CT molecular complexity index is 1010. The minimum Gasteiger partial charge on any atom is -0.493 e. The lowest BCUT2D eigenvalue weighted by Crippen LogP contribution is -3.10. The second-order valence-electron chi connectivity index (χ2n) is 7.66. The molecule has 1 atom stereocenters. The zero-order chi connectivity index (χ0) is 22.5. The summed E-state index contributed by atoms with van der Waals surface area (Å²) in [4.78, 5) is 17.9. The highest BCUT2D eigenvalue weighted by molar-refractivity contribution is 6.03. The third-order valence-corrected chi connectivity index (χ3v) is 5.60. The fraction of sp³-hybridized carbons (Fsp3) is 0.333. The summed E-state index contributed by atoms with van der Waals surface area (Å²) in [5, 5.41) is 9.78. The maximum atomic E-state index is 13.0. The molecule has 0 saturated heterocycles. The summed E-state index contributed by atoms with van der Waals surface area (Å²) in [6.07, 6.45) is 0.781. The van der Waals surface area contributed by atoms with Crippen LogP contribution in [-0.4, -0.2) is 54.2 Å². The van der Waals surface area contributed by atoms with Crippen LogP contribution in [0.15, 0.2) is 53.9 Å². The van der Waals surface area contributed by atoms with E-state index in [4.69, 9.17) is 9.47 Å². The molecule has 0 saturated carbocycles. The third kappa shape index (κ3) is 4.49. The van der Waals surface area contributed by atoms with Gasteiger partial charge in [-0.1, -0.05) is 18.2 Å². The number of carbonyl (C=O) groups is 1. The van der Waals surface area contributed by atoms with E-state index < -0.39 is 0 Å². The summed E-state index contributed by atoms with van der Waals surface area (Å²) in [6, 6.07) is 15.9. The fourth-order valence-corrected chi connectivity index (χ4v) is 3.90. The number of nitrogens with zero attached hydrogens (tertiary/aromatic N) is 3. The number of Topliss-reactive ketones (excluding diaryl/α,β-unsaturated/α-hetero) is 1. The van der Waals surface area contributed by atoms with Crippen LogP contribution in [0, 0.1) is 11.3 Å². The van der Waals surface area contributed by atoms with Crippen LogP contribution in [0.1, 0.15) is 5.56 Å². The Kier molecular flexibility index (Phi) is 6.83. The number of carbonyl (C=O) groups excluding carboxylic acids is 1. The topological polar surface area (TPSA) is 70.2 Å². The minimum atomic E-state index is -0.159. The number of para-hydroxylation sites is 2. The monoisotopic (exact) mass is 421 g/mol. The summed E-state index contributed by atoms with van der Waals surface area (Å²) in [5.74, 6) is 1.85. The molecule has 0 bridgehead atoms. The highest BCUT2D eigenvalue weighted by Crippen LogP contribution is 2.40. The van der Waals surface area contributed by atoms with E-state index in [9.17, 15) is 10.1 Å². The molecule has 3 rings (SSSR count). The van der Waals surface area contributed by atoms with Gasteiger partial charge in [-0.3, -0.25) is 4.79 Å². The highest BCUT2D eigenvalue weighted by atomic mass is 16.5. The van der Waals surface area contributed by atoms with E-state index in [1.54, 1.807) is 14.2 Å². The average Bonchev–Trinajstić information content (AvgIpc) is 3.03. The molecule has 0 aliphatic carbocycles. The van der Waals surface area contributed by atoms with Crippen molar-refractivity contribution in [2.75, 3.05) is 58.3 Å². The first-order valence-electron chi connectivity index (χ1n) is 10.2. The maximum Gasteiger partial charge on any atom is 0.231 e. The molecule has 1 aliphatic rings. The van der Waals surface area contributed by atoms with Gasteiger partial charge in [-0.2, -0.15) is 5.26 Å². The predicted molar refractivity (Wildman–Crippen MR) is 121 cm³/mol. The van der Waals surface area contributed by atoms with Crippen LogP contribution >= 0.6 is 0 Å². The summed E-state index contributed by atoms with van der Waals surface area (Å²) in [6.45, 7) is 0.999. The average molecular weight is 422 g/mol. The van der Waals surface area contributed by atoms with Crippen molar-refractivity contribution in [1.29, 1.82) is 5.26 Å². The van der Waals surface area contributed by atoms with Gasteiger partial charge in [0.2, 0.25) is 5.78 Å². The lowest BCUT2D eigenvalue weighted by atomic mass is 10.1. The van der Waals surface area contributed by atoms with E-state index in [1.165, 1.54) is 0 Å². The van der Waals surface area contributed by atoms with Gasteiger partial charge in [-0.15, -0.1) is 0 Å². The summed E-state index contributed by atoms with van der Waals surface area (Å²) < 4.78 is 10.6. The largest absolute Gasteiger partial charge is 0.493 e. The standard InChI is InChI=1S/C24H28N4O3/c1-26(13-12-17-10-11-22(30-4)23(14-17)31-5)16-21(29)18(15-25)24-27(2)19-8-6-7-9-20(19)28(24)3/h6-11,14H,12-13,16H2,1-5H3/p+1. The molecule has 2 aromatic rings. The molecule has 0 fully saturated rings. The van der Waals surface area contributed by atoms with Crippen molar-refractivity contribution < 1.29 is 19.2 Å². The van der Waals surface area contributed by atoms with Crippen LogP contribution in [0.4, 0.5) is 11.4 Å². The van der Waals surface area contributed by atoms with Gasteiger partial charge >= 0.3 is 0 Å². The minimum absolute atomic E-state index is 0.159. The lowest BCUT2D eigenvalue weighted by Gasteiger charge is -2.20.